The third kappa shape index (κ3) is 4.32. The van der Waals surface area contributed by atoms with Crippen LogP contribution in [0.3, 0.4) is 0 Å². The highest BCUT2D eigenvalue weighted by molar-refractivity contribution is 14.1. The van der Waals surface area contributed by atoms with Gasteiger partial charge in [-0.2, -0.15) is 0 Å². The Morgan fingerprint density at radius 2 is 1.78 bits per heavy atom. The molecule has 0 aromatic heterocycles. The van der Waals surface area contributed by atoms with Crippen molar-refractivity contribution < 1.29 is 0 Å². The number of halogens is 1. The minimum absolute atomic E-state index is 0.0902. The lowest BCUT2D eigenvalue weighted by molar-refractivity contribution is 0.790. The Morgan fingerprint density at radius 3 is 1.89 bits per heavy atom. The van der Waals surface area contributed by atoms with Crippen molar-refractivity contribution in [2.45, 2.75) is 25.9 Å². The van der Waals surface area contributed by atoms with E-state index in [0.29, 0.717) is 5.16 Å². The second kappa shape index (κ2) is 3.92. The largest absolute Gasteiger partial charge is 0.0804 e. The van der Waals surface area contributed by atoms with Crippen LogP contribution in [0, 0.1) is 0 Å². The van der Waals surface area contributed by atoms with Gasteiger partial charge in [0.15, 0.2) is 0 Å². The number of hydrogen-bond donors (Lipinski definition) is 0. The van der Waals surface area contributed by atoms with Crippen molar-refractivity contribution in [3.05, 3.63) is 9.90 Å². The Morgan fingerprint density at radius 1 is 1.33 bits per heavy atom. The molecule has 1 unspecified atom stereocenters. The molecule has 0 bridgehead atoms. The molecule has 0 saturated carbocycles. The summed E-state index contributed by atoms with van der Waals surface area (Å²) in [6.07, 6.45) is 0. The molecule has 2 heteroatoms. The van der Waals surface area contributed by atoms with Gasteiger partial charge in [0, 0.05) is 0 Å². The Bertz CT molecular complexity index is 102. The summed E-state index contributed by atoms with van der Waals surface area (Å²) in [5, 5.41) is 0.483. The highest BCUT2D eigenvalue weighted by atomic mass is 127. The van der Waals surface area contributed by atoms with Crippen LogP contribution in [0.15, 0.2) is 9.90 Å². The Kier molecular flexibility index (Phi) is 4.31. The minimum Gasteiger partial charge on any atom is -0.0804 e. The van der Waals surface area contributed by atoms with Gasteiger partial charge in [-0.1, -0.05) is 57.1 Å². The lowest BCUT2D eigenvalue weighted by atomic mass is 10.3. The normalized spacial score (nSPS) is 16.6. The summed E-state index contributed by atoms with van der Waals surface area (Å²) in [5.41, 5.74) is 0. The average Bonchev–Trinajstić information content (AvgIpc) is 1.64. The van der Waals surface area contributed by atoms with Crippen LogP contribution in [0.4, 0.5) is 0 Å². The maximum Gasteiger partial charge on any atom is -0.0147 e. The summed E-state index contributed by atoms with van der Waals surface area (Å²) in [4.78, 5) is 0. The first-order valence-corrected chi connectivity index (χ1v) is 6.08. The molecular formula is C7H14IP. The molecule has 0 rings (SSSR count). The quantitative estimate of drug-likeness (QED) is 0.494. The van der Waals surface area contributed by atoms with E-state index >= 15 is 0 Å². The van der Waals surface area contributed by atoms with Gasteiger partial charge in [-0.05, 0) is 15.9 Å². The molecule has 0 aromatic carbocycles. The first-order chi connectivity index (χ1) is 3.98. The van der Waals surface area contributed by atoms with E-state index in [1.165, 1.54) is 0 Å². The fourth-order valence-corrected chi connectivity index (χ4v) is 2.37. The summed E-state index contributed by atoms with van der Waals surface area (Å²) in [6.45, 7) is 9.17. The van der Waals surface area contributed by atoms with E-state index in [0.717, 1.165) is 0 Å². The fraction of sp³-hybridized carbons (Fsp3) is 0.714. The first-order valence-electron chi connectivity index (χ1n) is 2.98. The average molecular weight is 256 g/mol. The van der Waals surface area contributed by atoms with Crippen molar-refractivity contribution >= 4 is 30.5 Å². The van der Waals surface area contributed by atoms with E-state index in [-0.39, 0.29) is 7.92 Å². The number of hydrogen-bond acceptors (Lipinski definition) is 0. The van der Waals surface area contributed by atoms with Crippen LogP contribution in [0.25, 0.3) is 0 Å². The van der Waals surface area contributed by atoms with E-state index in [1.54, 1.807) is 0 Å². The zero-order valence-corrected chi connectivity index (χ0v) is 9.53. The molecule has 0 aromatic rings. The number of rotatable bonds is 1. The standard InChI is InChI=1S/C7H14IP/c1-7(2,3)9(4)6-5-8/h5-6H,1-4H3/b6-5+. The summed E-state index contributed by atoms with van der Waals surface area (Å²) in [7, 11) is 0.0902. The van der Waals surface area contributed by atoms with Crippen molar-refractivity contribution in [3.63, 3.8) is 0 Å². The molecular weight excluding hydrogens is 242 g/mol. The fourth-order valence-electron chi connectivity index (χ4n) is 0.308. The zero-order chi connectivity index (χ0) is 7.49. The van der Waals surface area contributed by atoms with Crippen molar-refractivity contribution in [1.29, 1.82) is 0 Å². The summed E-state index contributed by atoms with van der Waals surface area (Å²) in [5.74, 6) is 2.30. The molecule has 0 heterocycles. The van der Waals surface area contributed by atoms with Gasteiger partial charge in [0.2, 0.25) is 0 Å². The first kappa shape index (κ1) is 9.90. The van der Waals surface area contributed by atoms with E-state index in [9.17, 15) is 0 Å². The predicted octanol–water partition coefficient (Wildman–Crippen LogP) is 3.80. The van der Waals surface area contributed by atoms with Gasteiger partial charge in [-0.15, -0.1) is 0 Å². The molecule has 0 spiro atoms. The molecule has 9 heavy (non-hydrogen) atoms. The molecule has 0 radical (unpaired) electrons. The Labute approximate surface area is 73.0 Å². The summed E-state index contributed by atoms with van der Waals surface area (Å²) in [6, 6.07) is 0. The summed E-state index contributed by atoms with van der Waals surface area (Å²) < 4.78 is 2.12. The van der Waals surface area contributed by atoms with Crippen LogP contribution in [-0.4, -0.2) is 11.8 Å². The second-order valence-electron chi connectivity index (χ2n) is 3.06. The van der Waals surface area contributed by atoms with Crippen LogP contribution < -0.4 is 0 Å². The topological polar surface area (TPSA) is 0 Å². The predicted molar refractivity (Wildman–Crippen MR) is 55.8 cm³/mol. The second-order valence-corrected chi connectivity index (χ2v) is 6.64. The van der Waals surface area contributed by atoms with Crippen molar-refractivity contribution in [1.82, 2.24) is 0 Å². The molecule has 0 aliphatic heterocycles. The van der Waals surface area contributed by atoms with Crippen LogP contribution >= 0.6 is 30.5 Å². The van der Waals surface area contributed by atoms with E-state index in [4.69, 9.17) is 0 Å². The van der Waals surface area contributed by atoms with Gasteiger partial charge in [0.25, 0.3) is 0 Å². The molecule has 0 saturated heterocycles. The maximum atomic E-state index is 2.31. The third-order valence-corrected chi connectivity index (χ3v) is 4.98. The summed E-state index contributed by atoms with van der Waals surface area (Å²) >= 11 is 2.28. The lowest BCUT2D eigenvalue weighted by Gasteiger charge is -2.24. The SMILES string of the molecule is CP(/C=C/I)C(C)(C)C. The van der Waals surface area contributed by atoms with Crippen LogP contribution in [-0.2, 0) is 0 Å². The van der Waals surface area contributed by atoms with Crippen LogP contribution in [0.2, 0.25) is 0 Å². The van der Waals surface area contributed by atoms with Crippen LogP contribution in [0.1, 0.15) is 20.8 Å². The van der Waals surface area contributed by atoms with Gasteiger partial charge in [-0.25, -0.2) is 0 Å². The van der Waals surface area contributed by atoms with Gasteiger partial charge < -0.3 is 0 Å². The van der Waals surface area contributed by atoms with Crippen molar-refractivity contribution in [2.24, 2.45) is 0 Å². The van der Waals surface area contributed by atoms with Crippen molar-refractivity contribution in [3.8, 4) is 0 Å². The molecule has 54 valence electrons. The molecule has 0 aliphatic carbocycles. The lowest BCUT2D eigenvalue weighted by Crippen LogP contribution is -2.08. The Balaban J connectivity index is 3.88. The van der Waals surface area contributed by atoms with E-state index in [1.807, 2.05) is 0 Å². The smallest absolute Gasteiger partial charge is 0.0147 e. The molecule has 0 amide bonds. The zero-order valence-electron chi connectivity index (χ0n) is 6.48. The Hall–Kier alpha value is 0.900. The van der Waals surface area contributed by atoms with Gasteiger partial charge in [0.1, 0.15) is 0 Å². The molecule has 0 nitrogen and oxygen atoms in total. The molecule has 1 atom stereocenters. The highest BCUT2D eigenvalue weighted by Gasteiger charge is 2.15. The molecule has 0 fully saturated rings. The maximum absolute atomic E-state index is 2.31. The van der Waals surface area contributed by atoms with Gasteiger partial charge >= 0.3 is 0 Å². The highest BCUT2D eigenvalue weighted by Crippen LogP contribution is 2.47. The van der Waals surface area contributed by atoms with Crippen LogP contribution in [0.5, 0.6) is 0 Å². The van der Waals surface area contributed by atoms with Gasteiger partial charge in [0.05, 0.1) is 0 Å². The van der Waals surface area contributed by atoms with E-state index < -0.39 is 0 Å². The van der Waals surface area contributed by atoms with E-state index in [2.05, 4.69) is 59.9 Å². The molecule has 0 aliphatic rings. The van der Waals surface area contributed by atoms with Crippen molar-refractivity contribution in [2.75, 3.05) is 6.66 Å². The molecule has 0 N–H and O–H groups in total. The van der Waals surface area contributed by atoms with Gasteiger partial charge in [-0.3, -0.25) is 0 Å². The third-order valence-electron chi connectivity index (χ3n) is 1.34. The monoisotopic (exact) mass is 256 g/mol. The minimum atomic E-state index is 0.0902.